The lowest BCUT2D eigenvalue weighted by atomic mass is 10.3. The zero-order valence-corrected chi connectivity index (χ0v) is 17.6. The smallest absolute Gasteiger partial charge is 0.224 e. The first-order valence-corrected chi connectivity index (χ1v) is 10.8. The van der Waals surface area contributed by atoms with Gasteiger partial charge < -0.3 is 20.3 Å². The molecule has 4 rings (SSSR count). The maximum atomic E-state index is 11.6. The van der Waals surface area contributed by atoms with Gasteiger partial charge in [-0.3, -0.25) is 10.2 Å². The van der Waals surface area contributed by atoms with E-state index in [1.165, 1.54) is 11.8 Å². The van der Waals surface area contributed by atoms with E-state index in [2.05, 4.69) is 31.0 Å². The number of amides is 1. The fourth-order valence-electron chi connectivity index (χ4n) is 3.07. The first-order valence-electron chi connectivity index (χ1n) is 10.0. The molecule has 10 heteroatoms. The Morgan fingerprint density at radius 1 is 1.27 bits per heavy atom. The Hall–Kier alpha value is -2.85. The van der Waals surface area contributed by atoms with Crippen LogP contribution in [0.25, 0.3) is 0 Å². The molecule has 0 bridgehead atoms. The van der Waals surface area contributed by atoms with Crippen LogP contribution in [0.4, 0.5) is 17.3 Å². The van der Waals surface area contributed by atoms with E-state index >= 15 is 0 Å². The van der Waals surface area contributed by atoms with Crippen molar-refractivity contribution in [2.75, 3.05) is 41.8 Å². The van der Waals surface area contributed by atoms with E-state index in [4.69, 9.17) is 9.72 Å². The van der Waals surface area contributed by atoms with Crippen LogP contribution in [0, 0.1) is 0 Å². The molecule has 3 N–H and O–H groups in total. The predicted octanol–water partition coefficient (Wildman–Crippen LogP) is 2.53. The van der Waals surface area contributed by atoms with Crippen molar-refractivity contribution in [3.8, 4) is 0 Å². The number of hydrogen-bond acceptors (Lipinski definition) is 9. The van der Waals surface area contributed by atoms with E-state index in [-0.39, 0.29) is 12.1 Å². The minimum Gasteiger partial charge on any atom is -0.378 e. The molecule has 1 amide bonds. The quantitative estimate of drug-likeness (QED) is 0.579. The van der Waals surface area contributed by atoms with Gasteiger partial charge in [0.15, 0.2) is 5.16 Å². The zero-order chi connectivity index (χ0) is 20.8. The third kappa shape index (κ3) is 5.39. The molecule has 1 saturated heterocycles. The number of morpholine rings is 1. The molecule has 0 radical (unpaired) electrons. The largest absolute Gasteiger partial charge is 0.378 e. The summed E-state index contributed by atoms with van der Waals surface area (Å²) in [6, 6.07) is 9.67. The van der Waals surface area contributed by atoms with Crippen molar-refractivity contribution in [3.63, 3.8) is 0 Å². The number of carbonyl (C=O) groups excluding carboxylic acids is 1. The lowest BCUT2D eigenvalue weighted by Gasteiger charge is -2.28. The van der Waals surface area contributed by atoms with E-state index in [9.17, 15) is 4.79 Å². The minimum absolute atomic E-state index is 0.00262. The van der Waals surface area contributed by atoms with Crippen LogP contribution >= 0.6 is 11.8 Å². The van der Waals surface area contributed by atoms with E-state index in [1.807, 2.05) is 43.5 Å². The van der Waals surface area contributed by atoms with Crippen LogP contribution < -0.4 is 21.0 Å². The van der Waals surface area contributed by atoms with Crippen molar-refractivity contribution in [1.82, 2.24) is 15.4 Å². The van der Waals surface area contributed by atoms with Crippen LogP contribution in [0.15, 0.2) is 45.5 Å². The van der Waals surface area contributed by atoms with Gasteiger partial charge >= 0.3 is 0 Å². The second-order valence-electron chi connectivity index (χ2n) is 6.89. The minimum atomic E-state index is -0.00262. The number of ether oxygens (including phenoxy) is 1. The third-order valence-corrected chi connectivity index (χ3v) is 5.55. The van der Waals surface area contributed by atoms with Gasteiger partial charge in [-0.2, -0.15) is 5.10 Å². The fraction of sp³-hybridized carbons (Fsp3) is 0.400. The second-order valence-corrected chi connectivity index (χ2v) is 7.94. The zero-order valence-electron chi connectivity index (χ0n) is 16.8. The van der Waals surface area contributed by atoms with E-state index in [1.54, 1.807) is 0 Å². The molecule has 1 unspecified atom stereocenters. The molecule has 2 aliphatic heterocycles. The summed E-state index contributed by atoms with van der Waals surface area (Å²) >= 11 is 1.49. The van der Waals surface area contributed by atoms with Crippen LogP contribution in [0.5, 0.6) is 0 Å². The van der Waals surface area contributed by atoms with E-state index in [0.717, 1.165) is 41.7 Å². The molecular weight excluding hydrogens is 402 g/mol. The standard InChI is InChI=1S/C20H25N7O2S/c1-2-19(28)22-14-3-5-15(6-4-14)30-20-24-17(23-16-7-8-21-26-16)13-18(25-20)27-9-11-29-12-10-27/h3-6,8,13,16,26H,2,7,9-12H2,1H3,(H,22,28)(H,23,24,25). The summed E-state index contributed by atoms with van der Waals surface area (Å²) < 4.78 is 5.47. The molecule has 2 aromatic rings. The molecule has 1 atom stereocenters. The number of nitrogens with zero attached hydrogens (tertiary/aromatic N) is 4. The van der Waals surface area contributed by atoms with Crippen LogP contribution in [0.3, 0.4) is 0 Å². The Morgan fingerprint density at radius 2 is 2.07 bits per heavy atom. The molecule has 9 nitrogen and oxygen atoms in total. The Labute approximate surface area is 179 Å². The molecule has 1 aromatic heterocycles. The Kier molecular flexibility index (Phi) is 6.65. The third-order valence-electron chi connectivity index (χ3n) is 4.68. The van der Waals surface area contributed by atoms with Crippen molar-refractivity contribution in [3.05, 3.63) is 30.3 Å². The van der Waals surface area contributed by atoms with Gasteiger partial charge in [-0.15, -0.1) is 0 Å². The molecule has 30 heavy (non-hydrogen) atoms. The molecule has 1 fully saturated rings. The number of hydrogen-bond donors (Lipinski definition) is 3. The maximum Gasteiger partial charge on any atom is 0.224 e. The van der Waals surface area contributed by atoms with Gasteiger partial charge in [0.05, 0.1) is 13.2 Å². The number of nitrogens with one attached hydrogen (secondary N) is 3. The Morgan fingerprint density at radius 3 is 2.77 bits per heavy atom. The van der Waals surface area contributed by atoms with E-state index in [0.29, 0.717) is 24.8 Å². The van der Waals surface area contributed by atoms with Gasteiger partial charge in [-0.25, -0.2) is 9.97 Å². The van der Waals surface area contributed by atoms with Crippen molar-refractivity contribution in [1.29, 1.82) is 0 Å². The normalized spacial score (nSPS) is 18.2. The lowest BCUT2D eigenvalue weighted by molar-refractivity contribution is -0.115. The summed E-state index contributed by atoms with van der Waals surface area (Å²) in [7, 11) is 0. The topological polar surface area (TPSA) is 104 Å². The molecule has 3 heterocycles. The van der Waals surface area contributed by atoms with Crippen LogP contribution in [0.2, 0.25) is 0 Å². The highest BCUT2D eigenvalue weighted by atomic mass is 32.2. The Bertz CT molecular complexity index is 893. The van der Waals surface area contributed by atoms with Crippen LogP contribution in [-0.4, -0.2) is 54.6 Å². The summed E-state index contributed by atoms with van der Waals surface area (Å²) in [5.41, 5.74) is 3.80. The first kappa shape index (κ1) is 20.4. The van der Waals surface area contributed by atoms with E-state index < -0.39 is 0 Å². The van der Waals surface area contributed by atoms with Crippen LogP contribution in [-0.2, 0) is 9.53 Å². The summed E-state index contributed by atoms with van der Waals surface area (Å²) in [6.45, 7) is 4.82. The Balaban J connectivity index is 1.52. The summed E-state index contributed by atoms with van der Waals surface area (Å²) in [5.74, 6) is 1.63. The van der Waals surface area contributed by atoms with Crippen molar-refractivity contribution >= 4 is 41.2 Å². The summed E-state index contributed by atoms with van der Waals surface area (Å²) in [6.07, 6.45) is 3.12. The fourth-order valence-corrected chi connectivity index (χ4v) is 3.84. The second kappa shape index (κ2) is 9.77. The lowest BCUT2D eigenvalue weighted by Crippen LogP contribution is -2.37. The van der Waals surface area contributed by atoms with Gasteiger partial charge in [0.2, 0.25) is 5.91 Å². The van der Waals surface area contributed by atoms with Gasteiger partial charge in [-0.1, -0.05) is 6.92 Å². The molecule has 2 aliphatic rings. The monoisotopic (exact) mass is 427 g/mol. The van der Waals surface area contributed by atoms with Crippen molar-refractivity contribution < 1.29 is 9.53 Å². The number of hydrazone groups is 1. The molecule has 158 valence electrons. The summed E-state index contributed by atoms with van der Waals surface area (Å²) in [5, 5.41) is 10.9. The SMILES string of the molecule is CCC(=O)Nc1ccc(Sc2nc(NC3CC=NN3)cc(N3CCOCC3)n2)cc1. The van der Waals surface area contributed by atoms with Gasteiger partial charge in [0, 0.05) is 48.8 Å². The number of benzene rings is 1. The average molecular weight is 428 g/mol. The molecule has 1 aromatic carbocycles. The number of rotatable bonds is 7. The molecule has 0 aliphatic carbocycles. The predicted molar refractivity (Wildman–Crippen MR) is 118 cm³/mol. The van der Waals surface area contributed by atoms with Gasteiger partial charge in [0.1, 0.15) is 17.8 Å². The van der Waals surface area contributed by atoms with Gasteiger partial charge in [0.25, 0.3) is 0 Å². The molecular formula is C20H25N7O2S. The van der Waals surface area contributed by atoms with Gasteiger partial charge in [-0.05, 0) is 36.0 Å². The van der Waals surface area contributed by atoms with Crippen molar-refractivity contribution in [2.45, 2.75) is 36.0 Å². The number of anilines is 3. The number of aromatic nitrogens is 2. The highest BCUT2D eigenvalue weighted by Crippen LogP contribution is 2.29. The highest BCUT2D eigenvalue weighted by molar-refractivity contribution is 7.99. The maximum absolute atomic E-state index is 11.6. The first-order chi connectivity index (χ1) is 14.7. The van der Waals surface area contributed by atoms with Crippen molar-refractivity contribution in [2.24, 2.45) is 5.10 Å². The highest BCUT2D eigenvalue weighted by Gasteiger charge is 2.18. The van der Waals surface area contributed by atoms with Crippen LogP contribution in [0.1, 0.15) is 19.8 Å². The number of carbonyl (C=O) groups is 1. The molecule has 0 saturated carbocycles. The molecule has 0 spiro atoms. The summed E-state index contributed by atoms with van der Waals surface area (Å²) in [4.78, 5) is 24.2. The average Bonchev–Trinajstić information content (AvgIpc) is 3.28.